The third-order valence-electron chi connectivity index (χ3n) is 4.09. The number of hydrogen-bond acceptors (Lipinski definition) is 4. The zero-order valence-corrected chi connectivity index (χ0v) is 15.6. The molecule has 0 saturated heterocycles. The number of rotatable bonds is 8. The van der Waals surface area contributed by atoms with Crippen molar-refractivity contribution in [2.75, 3.05) is 20.8 Å². The van der Waals surface area contributed by atoms with Gasteiger partial charge in [0.25, 0.3) is 5.91 Å². The Morgan fingerprint density at radius 2 is 1.93 bits per heavy atom. The molecular formula is C20H23FN2O4. The molecule has 1 N–H and O–H groups in total. The van der Waals surface area contributed by atoms with Crippen LogP contribution in [0.4, 0.5) is 4.39 Å². The van der Waals surface area contributed by atoms with E-state index in [2.05, 4.69) is 5.32 Å². The molecule has 2 amide bonds. The maximum atomic E-state index is 13.7. The number of ether oxygens (including phenoxy) is 2. The van der Waals surface area contributed by atoms with E-state index in [0.29, 0.717) is 5.75 Å². The highest BCUT2D eigenvalue weighted by Gasteiger charge is 2.26. The quantitative estimate of drug-likeness (QED) is 0.770. The molecule has 27 heavy (non-hydrogen) atoms. The van der Waals surface area contributed by atoms with Crippen LogP contribution in [0.1, 0.15) is 12.5 Å². The van der Waals surface area contributed by atoms with Gasteiger partial charge in [-0.2, -0.15) is 0 Å². The lowest BCUT2D eigenvalue weighted by Crippen LogP contribution is -2.48. The number of nitrogens with zero attached hydrogens (tertiary/aromatic N) is 1. The van der Waals surface area contributed by atoms with Gasteiger partial charge in [0.1, 0.15) is 11.8 Å². The molecule has 0 unspecified atom stereocenters. The maximum absolute atomic E-state index is 13.7. The van der Waals surface area contributed by atoms with Crippen LogP contribution in [-0.4, -0.2) is 43.5 Å². The molecule has 2 rings (SSSR count). The standard InChI is InChI=1S/C20H23FN2O4/c1-14(20(25)22-2)23(12-15-7-6-8-16(11-15)26-3)19(24)13-27-18-10-5-4-9-17(18)21/h4-11,14H,12-13H2,1-3H3,(H,22,25)/t14-/m0/s1. The van der Waals surface area contributed by atoms with Gasteiger partial charge in [-0.05, 0) is 36.8 Å². The number of methoxy groups -OCH3 is 1. The van der Waals surface area contributed by atoms with E-state index < -0.39 is 17.8 Å². The average Bonchev–Trinajstić information content (AvgIpc) is 2.70. The molecule has 0 fully saturated rings. The van der Waals surface area contributed by atoms with Crippen molar-refractivity contribution in [1.29, 1.82) is 0 Å². The Kier molecular flexibility index (Phi) is 7.16. The maximum Gasteiger partial charge on any atom is 0.261 e. The van der Waals surface area contributed by atoms with E-state index >= 15 is 0 Å². The fourth-order valence-electron chi connectivity index (χ4n) is 2.54. The van der Waals surface area contributed by atoms with Crippen molar-refractivity contribution in [3.8, 4) is 11.5 Å². The fraction of sp³-hybridized carbons (Fsp3) is 0.300. The van der Waals surface area contributed by atoms with Crippen LogP contribution in [0.2, 0.25) is 0 Å². The van der Waals surface area contributed by atoms with Crippen LogP contribution >= 0.6 is 0 Å². The summed E-state index contributed by atoms with van der Waals surface area (Å²) in [5.41, 5.74) is 0.796. The Labute approximate surface area is 157 Å². The van der Waals surface area contributed by atoms with Crippen LogP contribution in [0.5, 0.6) is 11.5 Å². The van der Waals surface area contributed by atoms with Crippen LogP contribution < -0.4 is 14.8 Å². The molecule has 0 spiro atoms. The summed E-state index contributed by atoms with van der Waals surface area (Å²) in [4.78, 5) is 26.2. The summed E-state index contributed by atoms with van der Waals surface area (Å²) >= 11 is 0. The Bertz CT molecular complexity index is 797. The molecule has 7 heteroatoms. The highest BCUT2D eigenvalue weighted by Crippen LogP contribution is 2.18. The van der Waals surface area contributed by atoms with Gasteiger partial charge in [-0.1, -0.05) is 24.3 Å². The van der Waals surface area contributed by atoms with Crippen molar-refractivity contribution in [3.63, 3.8) is 0 Å². The summed E-state index contributed by atoms with van der Waals surface area (Å²) in [6.45, 7) is 1.43. The summed E-state index contributed by atoms with van der Waals surface area (Å²) in [5, 5.41) is 2.53. The number of likely N-dealkylation sites (N-methyl/N-ethyl adjacent to an activating group) is 1. The van der Waals surface area contributed by atoms with E-state index in [9.17, 15) is 14.0 Å². The fourth-order valence-corrected chi connectivity index (χ4v) is 2.54. The molecule has 0 aliphatic carbocycles. The summed E-state index contributed by atoms with van der Waals surface area (Å²) < 4.78 is 24.2. The zero-order chi connectivity index (χ0) is 19.8. The Balaban J connectivity index is 2.16. The van der Waals surface area contributed by atoms with Gasteiger partial charge in [0.05, 0.1) is 7.11 Å². The SMILES string of the molecule is CNC(=O)[C@H](C)N(Cc1cccc(OC)c1)C(=O)COc1ccccc1F. The van der Waals surface area contributed by atoms with Crippen molar-refractivity contribution in [1.82, 2.24) is 10.2 Å². The number of amides is 2. The third kappa shape index (κ3) is 5.44. The molecule has 0 heterocycles. The number of benzene rings is 2. The van der Waals surface area contributed by atoms with Crippen LogP contribution in [0.25, 0.3) is 0 Å². The topological polar surface area (TPSA) is 67.9 Å². The molecular weight excluding hydrogens is 351 g/mol. The molecule has 0 bridgehead atoms. The molecule has 6 nitrogen and oxygen atoms in total. The van der Waals surface area contributed by atoms with Crippen LogP contribution in [-0.2, 0) is 16.1 Å². The number of para-hydroxylation sites is 1. The molecule has 0 aliphatic heterocycles. The van der Waals surface area contributed by atoms with Crippen molar-refractivity contribution < 1.29 is 23.5 Å². The van der Waals surface area contributed by atoms with Crippen molar-refractivity contribution in [2.24, 2.45) is 0 Å². The van der Waals surface area contributed by atoms with E-state index in [4.69, 9.17) is 9.47 Å². The van der Waals surface area contributed by atoms with E-state index in [0.717, 1.165) is 5.56 Å². The summed E-state index contributed by atoms with van der Waals surface area (Å²) in [6, 6.07) is 12.3. The number of halogens is 1. The van der Waals surface area contributed by atoms with Gasteiger partial charge in [-0.15, -0.1) is 0 Å². The predicted octanol–water partition coefficient (Wildman–Crippen LogP) is 2.38. The first kappa shape index (κ1) is 20.2. The molecule has 0 saturated carbocycles. The highest BCUT2D eigenvalue weighted by atomic mass is 19.1. The van der Waals surface area contributed by atoms with Crippen molar-refractivity contribution in [2.45, 2.75) is 19.5 Å². The first-order valence-electron chi connectivity index (χ1n) is 8.47. The molecule has 2 aromatic carbocycles. The van der Waals surface area contributed by atoms with Gasteiger partial charge < -0.3 is 19.7 Å². The highest BCUT2D eigenvalue weighted by molar-refractivity contribution is 5.87. The van der Waals surface area contributed by atoms with Gasteiger partial charge in [-0.3, -0.25) is 9.59 Å². The molecule has 0 aliphatic rings. The molecule has 144 valence electrons. The second-order valence-electron chi connectivity index (χ2n) is 5.88. The number of carbonyl (C=O) groups is 2. The smallest absolute Gasteiger partial charge is 0.261 e. The summed E-state index contributed by atoms with van der Waals surface area (Å²) in [6.07, 6.45) is 0. The second kappa shape index (κ2) is 9.56. The Hall–Kier alpha value is -3.09. The van der Waals surface area contributed by atoms with Crippen LogP contribution in [0.3, 0.4) is 0 Å². The largest absolute Gasteiger partial charge is 0.497 e. The minimum Gasteiger partial charge on any atom is -0.497 e. The predicted molar refractivity (Wildman–Crippen MR) is 99.0 cm³/mol. The van der Waals surface area contributed by atoms with Gasteiger partial charge in [-0.25, -0.2) is 4.39 Å². The van der Waals surface area contributed by atoms with Crippen molar-refractivity contribution in [3.05, 3.63) is 59.9 Å². The second-order valence-corrected chi connectivity index (χ2v) is 5.88. The van der Waals surface area contributed by atoms with Gasteiger partial charge in [0, 0.05) is 13.6 Å². The molecule has 0 aromatic heterocycles. The Morgan fingerprint density at radius 1 is 1.19 bits per heavy atom. The zero-order valence-electron chi connectivity index (χ0n) is 15.6. The number of hydrogen-bond donors (Lipinski definition) is 1. The monoisotopic (exact) mass is 374 g/mol. The lowest BCUT2D eigenvalue weighted by molar-refractivity contribution is -0.142. The van der Waals surface area contributed by atoms with E-state index in [-0.39, 0.29) is 24.8 Å². The lowest BCUT2D eigenvalue weighted by atomic mass is 10.1. The van der Waals surface area contributed by atoms with E-state index in [1.807, 2.05) is 6.07 Å². The van der Waals surface area contributed by atoms with E-state index in [1.165, 1.54) is 30.1 Å². The van der Waals surface area contributed by atoms with Gasteiger partial charge in [0.2, 0.25) is 5.91 Å². The summed E-state index contributed by atoms with van der Waals surface area (Å²) in [7, 11) is 3.06. The average molecular weight is 374 g/mol. The Morgan fingerprint density at radius 3 is 2.59 bits per heavy atom. The van der Waals surface area contributed by atoms with Gasteiger partial charge >= 0.3 is 0 Å². The van der Waals surface area contributed by atoms with Gasteiger partial charge in [0.15, 0.2) is 18.2 Å². The first-order valence-corrected chi connectivity index (χ1v) is 8.47. The number of carbonyl (C=O) groups excluding carboxylic acids is 2. The first-order chi connectivity index (χ1) is 13.0. The normalized spacial score (nSPS) is 11.4. The third-order valence-corrected chi connectivity index (χ3v) is 4.09. The summed E-state index contributed by atoms with van der Waals surface area (Å²) in [5.74, 6) is -0.659. The number of nitrogens with one attached hydrogen (secondary N) is 1. The van der Waals surface area contributed by atoms with Crippen LogP contribution in [0, 0.1) is 5.82 Å². The minimum absolute atomic E-state index is 0.0141. The van der Waals surface area contributed by atoms with E-state index in [1.54, 1.807) is 38.3 Å². The van der Waals surface area contributed by atoms with Crippen molar-refractivity contribution >= 4 is 11.8 Å². The molecule has 2 aromatic rings. The molecule has 0 radical (unpaired) electrons. The lowest BCUT2D eigenvalue weighted by Gasteiger charge is -2.28. The molecule has 1 atom stereocenters. The minimum atomic E-state index is -0.724. The van der Waals surface area contributed by atoms with Crippen LogP contribution in [0.15, 0.2) is 48.5 Å².